The fraction of sp³-hybridized carbons (Fsp3) is 0.500. The molecule has 0 amide bonds. The molecule has 0 radical (unpaired) electrons. The fourth-order valence-corrected chi connectivity index (χ4v) is 2.53. The van der Waals surface area contributed by atoms with Crippen molar-refractivity contribution in [1.29, 1.82) is 0 Å². The summed E-state index contributed by atoms with van der Waals surface area (Å²) in [5.41, 5.74) is 0.750. The number of fused-ring (bicyclic) bond motifs is 1. The summed E-state index contributed by atoms with van der Waals surface area (Å²) < 4.78 is 10.5. The Morgan fingerprint density at radius 3 is 3.00 bits per heavy atom. The first-order valence-corrected chi connectivity index (χ1v) is 5.58. The van der Waals surface area contributed by atoms with Crippen molar-refractivity contribution in [1.82, 2.24) is 5.32 Å². The van der Waals surface area contributed by atoms with Crippen LogP contribution in [0.3, 0.4) is 0 Å². The third-order valence-electron chi connectivity index (χ3n) is 3.48. The van der Waals surface area contributed by atoms with E-state index in [0.29, 0.717) is 11.5 Å². The van der Waals surface area contributed by atoms with E-state index in [4.69, 9.17) is 9.47 Å². The van der Waals surface area contributed by atoms with Crippen molar-refractivity contribution in [3.8, 4) is 17.2 Å². The molecule has 1 aromatic carbocycles. The number of phenols is 1. The van der Waals surface area contributed by atoms with Gasteiger partial charge in [-0.3, -0.25) is 0 Å². The van der Waals surface area contributed by atoms with E-state index in [1.807, 2.05) is 12.1 Å². The molecule has 2 heterocycles. The summed E-state index contributed by atoms with van der Waals surface area (Å²) >= 11 is 0. The number of ether oxygens (including phenoxy) is 2. The van der Waals surface area contributed by atoms with Crippen LogP contribution in [0.2, 0.25) is 0 Å². The van der Waals surface area contributed by atoms with Gasteiger partial charge in [-0.25, -0.2) is 0 Å². The number of nitrogens with one attached hydrogen (secondary N) is 1. The average molecular weight is 221 g/mol. The molecule has 1 fully saturated rings. The molecule has 0 aliphatic carbocycles. The van der Waals surface area contributed by atoms with Crippen molar-refractivity contribution in [2.75, 3.05) is 13.3 Å². The Morgan fingerprint density at radius 2 is 2.25 bits per heavy atom. The predicted molar refractivity (Wildman–Crippen MR) is 58.8 cm³/mol. The van der Waals surface area contributed by atoms with Crippen molar-refractivity contribution in [3.63, 3.8) is 0 Å². The second kappa shape index (κ2) is 3.28. The Balaban J connectivity index is 2.08. The minimum atomic E-state index is -0.148. The molecule has 1 atom stereocenters. The molecule has 3 rings (SSSR count). The molecule has 1 unspecified atom stereocenters. The SMILES string of the molecule is CC1(c2ccc3c(c2O)OCO3)CCCN1. The first-order chi connectivity index (χ1) is 7.71. The Hall–Kier alpha value is -1.42. The molecule has 4 heteroatoms. The second-order valence-electron chi connectivity index (χ2n) is 4.56. The first kappa shape index (κ1) is 9.78. The Labute approximate surface area is 94.2 Å². The Bertz CT molecular complexity index is 425. The zero-order valence-electron chi connectivity index (χ0n) is 9.25. The van der Waals surface area contributed by atoms with Gasteiger partial charge in [0.05, 0.1) is 0 Å². The van der Waals surface area contributed by atoms with Crippen LogP contribution >= 0.6 is 0 Å². The second-order valence-corrected chi connectivity index (χ2v) is 4.56. The van der Waals surface area contributed by atoms with Crippen molar-refractivity contribution in [3.05, 3.63) is 17.7 Å². The van der Waals surface area contributed by atoms with E-state index in [-0.39, 0.29) is 18.1 Å². The molecule has 2 aliphatic heterocycles. The van der Waals surface area contributed by atoms with Gasteiger partial charge in [0.1, 0.15) is 0 Å². The lowest BCUT2D eigenvalue weighted by atomic mass is 9.89. The fourth-order valence-electron chi connectivity index (χ4n) is 2.53. The lowest BCUT2D eigenvalue weighted by Gasteiger charge is -2.26. The summed E-state index contributed by atoms with van der Waals surface area (Å²) in [6.45, 7) is 3.29. The van der Waals surface area contributed by atoms with Gasteiger partial charge in [-0.15, -0.1) is 0 Å². The highest BCUT2D eigenvalue weighted by atomic mass is 16.7. The van der Waals surface area contributed by atoms with Crippen LogP contribution in [-0.4, -0.2) is 18.4 Å². The van der Waals surface area contributed by atoms with Crippen molar-refractivity contribution in [2.45, 2.75) is 25.3 Å². The summed E-state index contributed by atoms with van der Waals surface area (Å²) in [7, 11) is 0. The van der Waals surface area contributed by atoms with E-state index in [1.54, 1.807) is 0 Å². The molecule has 0 spiro atoms. The van der Waals surface area contributed by atoms with Crippen LogP contribution in [0, 0.1) is 0 Å². The lowest BCUT2D eigenvalue weighted by Crippen LogP contribution is -2.33. The maximum absolute atomic E-state index is 10.2. The Morgan fingerprint density at radius 1 is 1.38 bits per heavy atom. The number of hydrogen-bond acceptors (Lipinski definition) is 4. The van der Waals surface area contributed by atoms with Crippen LogP contribution in [0.1, 0.15) is 25.3 Å². The van der Waals surface area contributed by atoms with Crippen molar-refractivity contribution < 1.29 is 14.6 Å². The van der Waals surface area contributed by atoms with Crippen LogP contribution < -0.4 is 14.8 Å². The van der Waals surface area contributed by atoms with Gasteiger partial charge in [-0.1, -0.05) is 0 Å². The average Bonchev–Trinajstić information content (AvgIpc) is 2.87. The zero-order chi connectivity index (χ0) is 11.2. The normalized spacial score (nSPS) is 27.3. The van der Waals surface area contributed by atoms with E-state index in [9.17, 15) is 5.11 Å². The predicted octanol–water partition coefficient (Wildman–Crippen LogP) is 1.72. The van der Waals surface area contributed by atoms with Gasteiger partial charge in [0.25, 0.3) is 0 Å². The third-order valence-corrected chi connectivity index (χ3v) is 3.48. The molecule has 0 saturated carbocycles. The zero-order valence-corrected chi connectivity index (χ0v) is 9.25. The maximum Gasteiger partial charge on any atom is 0.231 e. The van der Waals surface area contributed by atoms with Crippen LogP contribution in [0.4, 0.5) is 0 Å². The van der Waals surface area contributed by atoms with Gasteiger partial charge in [0.2, 0.25) is 12.5 Å². The van der Waals surface area contributed by atoms with E-state index < -0.39 is 0 Å². The minimum absolute atomic E-state index is 0.148. The highest BCUT2D eigenvalue weighted by molar-refractivity contribution is 5.58. The third kappa shape index (κ3) is 1.26. The molecule has 4 nitrogen and oxygen atoms in total. The summed E-state index contributed by atoms with van der Waals surface area (Å²) in [6, 6.07) is 3.78. The van der Waals surface area contributed by atoms with Crippen LogP contribution in [-0.2, 0) is 5.54 Å². The molecule has 1 saturated heterocycles. The highest BCUT2D eigenvalue weighted by Crippen LogP contribution is 2.47. The molecule has 2 aliphatic rings. The standard InChI is InChI=1S/C12H15NO3/c1-12(5-2-6-13-12)8-3-4-9-11(10(8)14)16-7-15-9/h3-4,13-14H,2,5-7H2,1H3. The van der Waals surface area contributed by atoms with E-state index in [2.05, 4.69) is 12.2 Å². The lowest BCUT2D eigenvalue weighted by molar-refractivity contribution is 0.171. The smallest absolute Gasteiger partial charge is 0.231 e. The van der Waals surface area contributed by atoms with Crippen molar-refractivity contribution in [2.24, 2.45) is 0 Å². The van der Waals surface area contributed by atoms with Gasteiger partial charge < -0.3 is 19.9 Å². The van der Waals surface area contributed by atoms with E-state index in [0.717, 1.165) is 24.9 Å². The summed E-state index contributed by atoms with van der Waals surface area (Å²) in [6.07, 6.45) is 2.16. The quantitative estimate of drug-likeness (QED) is 0.758. The van der Waals surface area contributed by atoms with Gasteiger partial charge in [0, 0.05) is 11.1 Å². The Kier molecular flexibility index (Phi) is 2.01. The first-order valence-electron chi connectivity index (χ1n) is 5.58. The van der Waals surface area contributed by atoms with Crippen LogP contribution in [0.5, 0.6) is 17.2 Å². The van der Waals surface area contributed by atoms with Gasteiger partial charge >= 0.3 is 0 Å². The van der Waals surface area contributed by atoms with Crippen molar-refractivity contribution >= 4 is 0 Å². The van der Waals surface area contributed by atoms with Crippen LogP contribution in [0.15, 0.2) is 12.1 Å². The van der Waals surface area contributed by atoms with Gasteiger partial charge in [-0.2, -0.15) is 0 Å². The number of hydrogen-bond donors (Lipinski definition) is 2. The number of phenolic OH excluding ortho intramolecular Hbond substituents is 1. The summed E-state index contributed by atoms with van der Waals surface area (Å²) in [5.74, 6) is 1.32. The molecular formula is C12H15NO3. The number of aromatic hydroxyl groups is 1. The summed E-state index contributed by atoms with van der Waals surface area (Å²) in [5, 5.41) is 13.6. The topological polar surface area (TPSA) is 50.7 Å². The summed E-state index contributed by atoms with van der Waals surface area (Å²) in [4.78, 5) is 0. The molecule has 0 aromatic heterocycles. The molecule has 86 valence electrons. The number of rotatable bonds is 1. The molecule has 16 heavy (non-hydrogen) atoms. The monoisotopic (exact) mass is 221 g/mol. The maximum atomic E-state index is 10.2. The molecular weight excluding hydrogens is 206 g/mol. The molecule has 0 bridgehead atoms. The van der Waals surface area contributed by atoms with E-state index >= 15 is 0 Å². The highest BCUT2D eigenvalue weighted by Gasteiger charge is 2.35. The molecule has 1 aromatic rings. The van der Waals surface area contributed by atoms with Gasteiger partial charge in [-0.05, 0) is 38.4 Å². The van der Waals surface area contributed by atoms with Gasteiger partial charge in [0.15, 0.2) is 11.5 Å². The molecule has 2 N–H and O–H groups in total. The largest absolute Gasteiger partial charge is 0.504 e. The minimum Gasteiger partial charge on any atom is -0.504 e. The van der Waals surface area contributed by atoms with Crippen LogP contribution in [0.25, 0.3) is 0 Å². The van der Waals surface area contributed by atoms with E-state index in [1.165, 1.54) is 0 Å². The number of benzene rings is 1.